The average molecular weight is 269 g/mol. The molecule has 2 N–H and O–H groups in total. The van der Waals surface area contributed by atoms with Crippen LogP contribution in [0.15, 0.2) is 6.07 Å². The molecular weight excluding hydrogens is 250 g/mol. The maximum Gasteiger partial charge on any atom is 0.326 e. The lowest BCUT2D eigenvalue weighted by Crippen LogP contribution is -2.45. The summed E-state index contributed by atoms with van der Waals surface area (Å²) in [4.78, 5) is 25.2. The van der Waals surface area contributed by atoms with E-state index in [2.05, 4.69) is 5.32 Å². The van der Waals surface area contributed by atoms with Crippen molar-refractivity contribution in [3.05, 3.63) is 21.4 Å². The van der Waals surface area contributed by atoms with Crippen molar-refractivity contribution in [2.45, 2.75) is 40.2 Å². The van der Waals surface area contributed by atoms with Gasteiger partial charge in [0.1, 0.15) is 6.04 Å². The summed E-state index contributed by atoms with van der Waals surface area (Å²) in [6, 6.07) is 0.965. The topological polar surface area (TPSA) is 66.4 Å². The number of carboxylic acids is 1. The summed E-state index contributed by atoms with van der Waals surface area (Å²) in [6.07, 6.45) is 0.707. The second-order valence-electron chi connectivity index (χ2n) is 4.50. The first-order valence-corrected chi connectivity index (χ1v) is 6.79. The first-order valence-electron chi connectivity index (χ1n) is 5.97. The normalized spacial score (nSPS) is 14.0. The summed E-state index contributed by atoms with van der Waals surface area (Å²) >= 11 is 1.54. The quantitative estimate of drug-likeness (QED) is 0.863. The van der Waals surface area contributed by atoms with Gasteiger partial charge < -0.3 is 10.4 Å². The molecule has 2 unspecified atom stereocenters. The first-order chi connectivity index (χ1) is 8.36. The molecule has 0 aliphatic heterocycles. The van der Waals surface area contributed by atoms with Crippen molar-refractivity contribution in [3.63, 3.8) is 0 Å². The average Bonchev–Trinajstić information content (AvgIpc) is 2.63. The maximum atomic E-state index is 12.0. The van der Waals surface area contributed by atoms with Crippen LogP contribution in [0.4, 0.5) is 0 Å². The summed E-state index contributed by atoms with van der Waals surface area (Å²) < 4.78 is 0. The molecule has 1 rings (SSSR count). The Balaban J connectivity index is 2.85. The van der Waals surface area contributed by atoms with E-state index in [1.54, 1.807) is 6.07 Å². The highest BCUT2D eigenvalue weighted by Crippen LogP contribution is 2.21. The molecule has 0 spiro atoms. The van der Waals surface area contributed by atoms with E-state index >= 15 is 0 Å². The van der Waals surface area contributed by atoms with Crippen LogP contribution >= 0.6 is 11.3 Å². The molecule has 4 nitrogen and oxygen atoms in total. The van der Waals surface area contributed by atoms with E-state index in [9.17, 15) is 9.59 Å². The minimum atomic E-state index is -0.984. The van der Waals surface area contributed by atoms with E-state index < -0.39 is 12.0 Å². The molecule has 0 aliphatic rings. The third kappa shape index (κ3) is 3.32. The van der Waals surface area contributed by atoms with Crippen molar-refractivity contribution in [2.24, 2.45) is 5.92 Å². The lowest BCUT2D eigenvalue weighted by Gasteiger charge is -2.20. The molecule has 5 heteroatoms. The van der Waals surface area contributed by atoms with E-state index in [4.69, 9.17) is 5.11 Å². The highest BCUT2D eigenvalue weighted by molar-refractivity contribution is 7.12. The molecule has 0 aromatic carbocycles. The lowest BCUT2D eigenvalue weighted by atomic mass is 9.99. The number of hydrogen-bond acceptors (Lipinski definition) is 3. The molecule has 1 amide bonds. The summed E-state index contributed by atoms with van der Waals surface area (Å²) in [5, 5.41) is 11.7. The van der Waals surface area contributed by atoms with Gasteiger partial charge in [0.2, 0.25) is 0 Å². The fourth-order valence-electron chi connectivity index (χ4n) is 1.76. The van der Waals surface area contributed by atoms with E-state index in [-0.39, 0.29) is 11.8 Å². The van der Waals surface area contributed by atoms with Gasteiger partial charge in [0, 0.05) is 9.75 Å². The van der Waals surface area contributed by atoms with Gasteiger partial charge in [0.15, 0.2) is 0 Å². The summed E-state index contributed by atoms with van der Waals surface area (Å²) in [5.74, 6) is -1.38. The summed E-state index contributed by atoms with van der Waals surface area (Å²) in [6.45, 7) is 7.53. The molecule has 2 atom stereocenters. The Morgan fingerprint density at radius 2 is 2.06 bits per heavy atom. The number of carbonyl (C=O) groups excluding carboxylic acids is 1. The highest BCUT2D eigenvalue weighted by Gasteiger charge is 2.26. The van der Waals surface area contributed by atoms with Crippen LogP contribution in [0.5, 0.6) is 0 Å². The van der Waals surface area contributed by atoms with Gasteiger partial charge in [-0.1, -0.05) is 20.3 Å². The Kier molecular flexibility index (Phi) is 4.90. The number of amides is 1. The van der Waals surface area contributed by atoms with E-state index in [0.717, 1.165) is 9.75 Å². The molecule has 0 fully saturated rings. The smallest absolute Gasteiger partial charge is 0.326 e. The second kappa shape index (κ2) is 6.00. The van der Waals surface area contributed by atoms with Crippen LogP contribution in [0.25, 0.3) is 0 Å². The van der Waals surface area contributed by atoms with Crippen LogP contribution in [0, 0.1) is 19.8 Å². The molecule has 1 heterocycles. The minimum absolute atomic E-state index is 0.0912. The van der Waals surface area contributed by atoms with Gasteiger partial charge in [-0.05, 0) is 25.8 Å². The zero-order chi connectivity index (χ0) is 13.9. The van der Waals surface area contributed by atoms with E-state index in [1.807, 2.05) is 27.7 Å². The SMILES string of the molecule is CCC(C)C(NC(=O)c1cc(C)sc1C)C(=O)O. The molecule has 1 aromatic rings. The number of rotatable bonds is 5. The summed E-state index contributed by atoms with van der Waals surface area (Å²) in [7, 11) is 0. The van der Waals surface area contributed by atoms with Crippen LogP contribution < -0.4 is 5.32 Å². The number of thiophene rings is 1. The number of aliphatic carboxylic acids is 1. The minimum Gasteiger partial charge on any atom is -0.480 e. The van der Waals surface area contributed by atoms with Crippen LogP contribution in [0.2, 0.25) is 0 Å². The largest absolute Gasteiger partial charge is 0.480 e. The van der Waals surface area contributed by atoms with E-state index in [1.165, 1.54) is 11.3 Å². The van der Waals surface area contributed by atoms with Gasteiger partial charge in [-0.15, -0.1) is 11.3 Å². The number of nitrogens with one attached hydrogen (secondary N) is 1. The molecule has 0 saturated heterocycles. The van der Waals surface area contributed by atoms with Crippen molar-refractivity contribution in [2.75, 3.05) is 0 Å². The molecule has 0 aliphatic carbocycles. The Morgan fingerprint density at radius 3 is 2.44 bits per heavy atom. The fraction of sp³-hybridized carbons (Fsp3) is 0.538. The zero-order valence-electron chi connectivity index (χ0n) is 11.1. The molecule has 0 radical (unpaired) electrons. The van der Waals surface area contributed by atoms with Crippen molar-refractivity contribution in [1.82, 2.24) is 5.32 Å². The molecule has 0 saturated carbocycles. The molecule has 0 bridgehead atoms. The Morgan fingerprint density at radius 1 is 1.44 bits per heavy atom. The first kappa shape index (κ1) is 14.7. The third-order valence-corrected chi connectivity index (χ3v) is 4.02. The van der Waals surface area contributed by atoms with E-state index in [0.29, 0.717) is 12.0 Å². The number of aryl methyl sites for hydroxylation is 2. The van der Waals surface area contributed by atoms with Gasteiger partial charge in [0.25, 0.3) is 5.91 Å². The zero-order valence-corrected chi connectivity index (χ0v) is 11.9. The molecule has 1 aromatic heterocycles. The van der Waals surface area contributed by atoms with Crippen LogP contribution in [-0.2, 0) is 4.79 Å². The van der Waals surface area contributed by atoms with Crippen LogP contribution in [0.3, 0.4) is 0 Å². The monoisotopic (exact) mass is 269 g/mol. The van der Waals surface area contributed by atoms with Crippen molar-refractivity contribution >= 4 is 23.2 Å². The Labute approximate surface area is 111 Å². The maximum absolute atomic E-state index is 12.0. The fourth-order valence-corrected chi connectivity index (χ4v) is 2.68. The highest BCUT2D eigenvalue weighted by atomic mass is 32.1. The van der Waals surface area contributed by atoms with Crippen LogP contribution in [-0.4, -0.2) is 23.0 Å². The Bertz CT molecular complexity index is 453. The van der Waals surface area contributed by atoms with Crippen LogP contribution in [0.1, 0.15) is 40.4 Å². The van der Waals surface area contributed by atoms with Gasteiger partial charge in [0.05, 0.1) is 5.56 Å². The predicted octanol–water partition coefficient (Wildman–Crippen LogP) is 2.59. The Hall–Kier alpha value is -1.36. The number of carboxylic acid groups (broad SMARTS) is 1. The molecular formula is C13H19NO3S. The number of carbonyl (C=O) groups is 2. The predicted molar refractivity (Wildman–Crippen MR) is 72.1 cm³/mol. The summed E-state index contributed by atoms with van der Waals surface area (Å²) in [5.41, 5.74) is 0.576. The second-order valence-corrected chi connectivity index (χ2v) is 5.96. The van der Waals surface area contributed by atoms with Gasteiger partial charge >= 0.3 is 5.97 Å². The van der Waals surface area contributed by atoms with Crippen molar-refractivity contribution in [3.8, 4) is 0 Å². The van der Waals surface area contributed by atoms with Crippen molar-refractivity contribution < 1.29 is 14.7 Å². The lowest BCUT2D eigenvalue weighted by molar-refractivity contribution is -0.140. The molecule has 18 heavy (non-hydrogen) atoms. The van der Waals surface area contributed by atoms with Crippen molar-refractivity contribution in [1.29, 1.82) is 0 Å². The molecule has 100 valence electrons. The third-order valence-electron chi connectivity index (χ3n) is 3.05. The van der Waals surface area contributed by atoms with Gasteiger partial charge in [-0.25, -0.2) is 4.79 Å². The van der Waals surface area contributed by atoms with Gasteiger partial charge in [-0.2, -0.15) is 0 Å². The van der Waals surface area contributed by atoms with Gasteiger partial charge in [-0.3, -0.25) is 4.79 Å². The standard InChI is InChI=1S/C13H19NO3S/c1-5-7(2)11(13(16)17)14-12(15)10-6-8(3)18-9(10)4/h6-7,11H,5H2,1-4H3,(H,14,15)(H,16,17). The number of hydrogen-bond donors (Lipinski definition) is 2.